The maximum absolute atomic E-state index is 12.0. The highest BCUT2D eigenvalue weighted by atomic mass is 79.9. The predicted molar refractivity (Wildman–Crippen MR) is 98.4 cm³/mol. The number of rotatable bonds is 6. The second kappa shape index (κ2) is 8.70. The van der Waals surface area contributed by atoms with Crippen LogP contribution in [0.5, 0.6) is 11.5 Å². The van der Waals surface area contributed by atoms with Crippen LogP contribution in [0.25, 0.3) is 0 Å². The molecule has 7 heteroatoms. The van der Waals surface area contributed by atoms with Gasteiger partial charge in [0.2, 0.25) is 0 Å². The molecule has 0 unspecified atom stereocenters. The smallest absolute Gasteiger partial charge is 0.271 e. The lowest BCUT2D eigenvalue weighted by Gasteiger charge is -2.11. The minimum absolute atomic E-state index is 0.320. The van der Waals surface area contributed by atoms with E-state index in [4.69, 9.17) is 21.1 Å². The molecule has 0 aliphatic carbocycles. The first-order chi connectivity index (χ1) is 11.5. The zero-order chi connectivity index (χ0) is 17.5. The summed E-state index contributed by atoms with van der Waals surface area (Å²) in [6, 6.07) is 10.1. The van der Waals surface area contributed by atoms with Gasteiger partial charge in [-0.3, -0.25) is 4.79 Å². The van der Waals surface area contributed by atoms with Gasteiger partial charge in [0.1, 0.15) is 0 Å². The fourth-order valence-corrected chi connectivity index (χ4v) is 2.63. The van der Waals surface area contributed by atoms with E-state index < -0.39 is 0 Å². The summed E-state index contributed by atoms with van der Waals surface area (Å²) < 4.78 is 11.6. The van der Waals surface area contributed by atoms with Crippen LogP contribution in [-0.4, -0.2) is 25.8 Å². The molecule has 1 N–H and O–H groups in total. The summed E-state index contributed by atoms with van der Waals surface area (Å²) in [5, 5.41) is 4.53. The average Bonchev–Trinajstić information content (AvgIpc) is 2.57. The number of carbonyl (C=O) groups is 1. The first-order valence-electron chi connectivity index (χ1n) is 7.14. The Balaban J connectivity index is 2.10. The summed E-state index contributed by atoms with van der Waals surface area (Å²) in [4.78, 5) is 12.0. The zero-order valence-corrected chi connectivity index (χ0v) is 15.5. The third-order valence-electron chi connectivity index (χ3n) is 3.03. The molecule has 5 nitrogen and oxygen atoms in total. The maximum Gasteiger partial charge on any atom is 0.271 e. The quantitative estimate of drug-likeness (QED) is 0.570. The molecule has 0 aromatic heterocycles. The van der Waals surface area contributed by atoms with Gasteiger partial charge >= 0.3 is 0 Å². The SMILES string of the molecule is CCOc1c(Br)cc(/C=N\NC(=O)c2ccc(Cl)cc2)cc1OC. The Hall–Kier alpha value is -2.05. The van der Waals surface area contributed by atoms with E-state index >= 15 is 0 Å². The number of hydrogen-bond donors (Lipinski definition) is 1. The van der Waals surface area contributed by atoms with Crippen LogP contribution in [0.1, 0.15) is 22.8 Å². The molecule has 0 spiro atoms. The van der Waals surface area contributed by atoms with Crippen molar-refractivity contribution in [3.63, 3.8) is 0 Å². The van der Waals surface area contributed by atoms with Crippen molar-refractivity contribution < 1.29 is 14.3 Å². The number of hydrogen-bond acceptors (Lipinski definition) is 4. The molecular weight excluding hydrogens is 396 g/mol. The molecule has 0 saturated carbocycles. The molecule has 24 heavy (non-hydrogen) atoms. The van der Waals surface area contributed by atoms with Crippen LogP contribution in [0.3, 0.4) is 0 Å². The van der Waals surface area contributed by atoms with Crippen molar-refractivity contribution in [2.45, 2.75) is 6.92 Å². The third-order valence-corrected chi connectivity index (χ3v) is 3.87. The monoisotopic (exact) mass is 410 g/mol. The first-order valence-corrected chi connectivity index (χ1v) is 8.31. The van der Waals surface area contributed by atoms with Gasteiger partial charge in [0.25, 0.3) is 5.91 Å². The second-order valence-corrected chi connectivity index (χ2v) is 5.96. The van der Waals surface area contributed by atoms with Gasteiger partial charge in [-0.05, 0) is 64.8 Å². The normalized spacial score (nSPS) is 10.7. The van der Waals surface area contributed by atoms with Gasteiger partial charge in [-0.1, -0.05) is 11.6 Å². The van der Waals surface area contributed by atoms with E-state index in [0.717, 1.165) is 10.0 Å². The lowest BCUT2D eigenvalue weighted by molar-refractivity contribution is 0.0955. The number of ether oxygens (including phenoxy) is 2. The molecule has 2 rings (SSSR count). The summed E-state index contributed by atoms with van der Waals surface area (Å²) in [5.41, 5.74) is 3.69. The van der Waals surface area contributed by atoms with Gasteiger partial charge in [0, 0.05) is 10.6 Å². The molecule has 0 aliphatic rings. The highest BCUT2D eigenvalue weighted by Gasteiger charge is 2.10. The van der Waals surface area contributed by atoms with E-state index in [1.165, 1.54) is 6.21 Å². The van der Waals surface area contributed by atoms with E-state index in [0.29, 0.717) is 28.7 Å². The summed E-state index contributed by atoms with van der Waals surface area (Å²) in [6.07, 6.45) is 1.52. The average molecular weight is 412 g/mol. The van der Waals surface area contributed by atoms with E-state index in [1.54, 1.807) is 37.4 Å². The van der Waals surface area contributed by atoms with Gasteiger partial charge in [0.05, 0.1) is 24.4 Å². The third kappa shape index (κ3) is 4.72. The molecule has 0 fully saturated rings. The van der Waals surface area contributed by atoms with E-state index in [9.17, 15) is 4.79 Å². The summed E-state index contributed by atoms with van der Waals surface area (Å²) in [5.74, 6) is 0.888. The van der Waals surface area contributed by atoms with Crippen molar-refractivity contribution in [3.8, 4) is 11.5 Å². The van der Waals surface area contributed by atoms with Gasteiger partial charge in [-0.2, -0.15) is 5.10 Å². The van der Waals surface area contributed by atoms with Crippen molar-refractivity contribution in [3.05, 3.63) is 57.0 Å². The van der Waals surface area contributed by atoms with Crippen LogP contribution < -0.4 is 14.9 Å². The molecule has 2 aromatic carbocycles. The fourth-order valence-electron chi connectivity index (χ4n) is 1.93. The Morgan fingerprint density at radius 2 is 2.04 bits per heavy atom. The van der Waals surface area contributed by atoms with Crippen molar-refractivity contribution in [2.24, 2.45) is 5.10 Å². The summed E-state index contributed by atoms with van der Waals surface area (Å²) in [6.45, 7) is 2.42. The van der Waals surface area contributed by atoms with Crippen molar-refractivity contribution >= 4 is 39.7 Å². The number of halogens is 2. The molecule has 0 heterocycles. The van der Waals surface area contributed by atoms with Crippen LogP contribution in [0.4, 0.5) is 0 Å². The molecule has 1 amide bonds. The first kappa shape index (κ1) is 18.3. The fraction of sp³-hybridized carbons (Fsp3) is 0.176. The number of benzene rings is 2. The van der Waals surface area contributed by atoms with Crippen molar-refractivity contribution in [1.29, 1.82) is 0 Å². The van der Waals surface area contributed by atoms with E-state index in [-0.39, 0.29) is 5.91 Å². The molecule has 0 aliphatic heterocycles. The Morgan fingerprint density at radius 3 is 2.67 bits per heavy atom. The van der Waals surface area contributed by atoms with Gasteiger partial charge in [0.15, 0.2) is 11.5 Å². The molecule has 126 valence electrons. The van der Waals surface area contributed by atoms with Crippen LogP contribution in [0.2, 0.25) is 5.02 Å². The predicted octanol–water partition coefficient (Wildman–Crippen LogP) is 4.27. The number of carbonyl (C=O) groups excluding carboxylic acids is 1. The van der Waals surface area contributed by atoms with Gasteiger partial charge < -0.3 is 9.47 Å². The van der Waals surface area contributed by atoms with Crippen LogP contribution in [0, 0.1) is 0 Å². The Kier molecular flexibility index (Phi) is 6.63. The molecule has 0 bridgehead atoms. The Morgan fingerprint density at radius 1 is 1.33 bits per heavy atom. The van der Waals surface area contributed by atoms with Crippen LogP contribution in [-0.2, 0) is 0 Å². The van der Waals surface area contributed by atoms with Gasteiger partial charge in [-0.15, -0.1) is 0 Å². The highest BCUT2D eigenvalue weighted by Crippen LogP contribution is 2.36. The van der Waals surface area contributed by atoms with E-state index in [1.807, 2.05) is 13.0 Å². The van der Waals surface area contributed by atoms with Crippen molar-refractivity contribution in [1.82, 2.24) is 5.43 Å². The number of amides is 1. The lowest BCUT2D eigenvalue weighted by Crippen LogP contribution is -2.17. The molecule has 0 saturated heterocycles. The Labute approximate surface area is 153 Å². The Bertz CT molecular complexity index is 748. The molecule has 0 radical (unpaired) electrons. The van der Waals surface area contributed by atoms with Crippen LogP contribution in [0.15, 0.2) is 46.0 Å². The summed E-state index contributed by atoms with van der Waals surface area (Å²) >= 11 is 9.23. The zero-order valence-electron chi connectivity index (χ0n) is 13.2. The van der Waals surface area contributed by atoms with Crippen LogP contribution >= 0.6 is 27.5 Å². The summed E-state index contributed by atoms with van der Waals surface area (Å²) in [7, 11) is 1.56. The topological polar surface area (TPSA) is 59.9 Å². The lowest BCUT2D eigenvalue weighted by atomic mass is 10.2. The highest BCUT2D eigenvalue weighted by molar-refractivity contribution is 9.10. The standard InChI is InChI=1S/C17H16BrClN2O3/c1-3-24-16-14(18)8-11(9-15(16)23-2)10-20-21-17(22)12-4-6-13(19)7-5-12/h4-10H,3H2,1-2H3,(H,21,22)/b20-10-. The van der Waals surface area contributed by atoms with Gasteiger partial charge in [-0.25, -0.2) is 5.43 Å². The number of methoxy groups -OCH3 is 1. The number of nitrogens with one attached hydrogen (secondary N) is 1. The van der Waals surface area contributed by atoms with E-state index in [2.05, 4.69) is 26.5 Å². The second-order valence-electron chi connectivity index (χ2n) is 4.67. The largest absolute Gasteiger partial charge is 0.493 e. The number of nitrogens with zero attached hydrogens (tertiary/aromatic N) is 1. The minimum Gasteiger partial charge on any atom is -0.493 e. The molecular formula is C17H16BrClN2O3. The molecule has 2 aromatic rings. The molecule has 0 atom stereocenters. The minimum atomic E-state index is -0.320. The maximum atomic E-state index is 12.0. The number of hydrazone groups is 1. The van der Waals surface area contributed by atoms with Crippen molar-refractivity contribution in [2.75, 3.05) is 13.7 Å².